The first-order chi connectivity index (χ1) is 9.13. The number of hydrogen-bond donors (Lipinski definition) is 2. The Kier molecular flexibility index (Phi) is 4.41. The van der Waals surface area contributed by atoms with Gasteiger partial charge in [-0.2, -0.15) is 0 Å². The zero-order valence-corrected chi connectivity index (χ0v) is 11.2. The van der Waals surface area contributed by atoms with Crippen LogP contribution in [-0.2, 0) is 13.0 Å². The lowest BCUT2D eigenvalue weighted by Crippen LogP contribution is -2.24. The largest absolute Gasteiger partial charge is 0.310 e. The number of nitrogens with one attached hydrogen (secondary N) is 2. The molecule has 0 fully saturated rings. The first-order valence-corrected chi connectivity index (χ1v) is 6.35. The van der Waals surface area contributed by atoms with Crippen molar-refractivity contribution < 1.29 is 0 Å². The number of aromatic nitrogens is 3. The minimum atomic E-state index is -0.116. The van der Waals surface area contributed by atoms with Gasteiger partial charge in [0.05, 0.1) is 5.69 Å². The molecule has 0 saturated carbocycles. The van der Waals surface area contributed by atoms with Crippen molar-refractivity contribution in [2.75, 3.05) is 0 Å². The van der Waals surface area contributed by atoms with Gasteiger partial charge in [-0.1, -0.05) is 19.9 Å². The maximum atomic E-state index is 11.6. The van der Waals surface area contributed by atoms with Crippen molar-refractivity contribution in [1.29, 1.82) is 0 Å². The Bertz CT molecular complexity index is 577. The SMILES string of the molecule is CC(C)NCc1cc(=O)[nH]c(Cc2cccnc2)n1. The fourth-order valence-corrected chi connectivity index (χ4v) is 1.74. The van der Waals surface area contributed by atoms with Crippen LogP contribution >= 0.6 is 0 Å². The average Bonchev–Trinajstić information content (AvgIpc) is 2.37. The van der Waals surface area contributed by atoms with E-state index in [1.165, 1.54) is 6.07 Å². The number of pyridine rings is 1. The van der Waals surface area contributed by atoms with Gasteiger partial charge in [0, 0.05) is 37.5 Å². The van der Waals surface area contributed by atoms with E-state index in [1.54, 1.807) is 12.4 Å². The molecule has 0 saturated heterocycles. The van der Waals surface area contributed by atoms with E-state index < -0.39 is 0 Å². The minimum absolute atomic E-state index is 0.116. The highest BCUT2D eigenvalue weighted by atomic mass is 16.1. The molecule has 2 aromatic rings. The van der Waals surface area contributed by atoms with Crippen molar-refractivity contribution in [2.45, 2.75) is 32.9 Å². The van der Waals surface area contributed by atoms with E-state index in [9.17, 15) is 4.79 Å². The van der Waals surface area contributed by atoms with E-state index in [-0.39, 0.29) is 5.56 Å². The van der Waals surface area contributed by atoms with Gasteiger partial charge in [0.25, 0.3) is 5.56 Å². The molecule has 2 heterocycles. The number of nitrogens with zero attached hydrogens (tertiary/aromatic N) is 2. The first kappa shape index (κ1) is 13.4. The van der Waals surface area contributed by atoms with E-state index in [0.717, 1.165) is 11.3 Å². The highest BCUT2D eigenvalue weighted by Gasteiger charge is 2.03. The van der Waals surface area contributed by atoms with Crippen molar-refractivity contribution >= 4 is 0 Å². The van der Waals surface area contributed by atoms with Crippen LogP contribution in [0.25, 0.3) is 0 Å². The summed E-state index contributed by atoms with van der Waals surface area (Å²) in [6.07, 6.45) is 4.08. The number of rotatable bonds is 5. The predicted molar refractivity (Wildman–Crippen MR) is 73.9 cm³/mol. The molecule has 0 atom stereocenters. The third-order valence-electron chi connectivity index (χ3n) is 2.63. The van der Waals surface area contributed by atoms with Gasteiger partial charge in [-0.15, -0.1) is 0 Å². The maximum Gasteiger partial charge on any atom is 0.251 e. The zero-order valence-electron chi connectivity index (χ0n) is 11.2. The second kappa shape index (κ2) is 6.24. The summed E-state index contributed by atoms with van der Waals surface area (Å²) >= 11 is 0. The van der Waals surface area contributed by atoms with Crippen LogP contribution in [0.3, 0.4) is 0 Å². The number of H-pyrrole nitrogens is 1. The molecule has 100 valence electrons. The maximum absolute atomic E-state index is 11.6. The molecule has 0 aliphatic heterocycles. The molecule has 0 aliphatic carbocycles. The van der Waals surface area contributed by atoms with Gasteiger partial charge in [0.15, 0.2) is 0 Å². The monoisotopic (exact) mass is 258 g/mol. The summed E-state index contributed by atoms with van der Waals surface area (Å²) in [5, 5.41) is 3.25. The predicted octanol–water partition coefficient (Wildman–Crippen LogP) is 1.25. The second-order valence-corrected chi connectivity index (χ2v) is 4.76. The van der Waals surface area contributed by atoms with Gasteiger partial charge >= 0.3 is 0 Å². The Balaban J connectivity index is 2.15. The number of aromatic amines is 1. The van der Waals surface area contributed by atoms with Crippen LogP contribution in [0.1, 0.15) is 30.9 Å². The third-order valence-corrected chi connectivity index (χ3v) is 2.63. The van der Waals surface area contributed by atoms with Crippen LogP contribution in [0.2, 0.25) is 0 Å². The van der Waals surface area contributed by atoms with Gasteiger partial charge in [-0.3, -0.25) is 9.78 Å². The molecule has 0 amide bonds. The Morgan fingerprint density at radius 3 is 2.95 bits per heavy atom. The molecule has 5 nitrogen and oxygen atoms in total. The van der Waals surface area contributed by atoms with E-state index in [1.807, 2.05) is 12.1 Å². The van der Waals surface area contributed by atoms with E-state index in [2.05, 4.69) is 34.1 Å². The van der Waals surface area contributed by atoms with Gasteiger partial charge in [-0.05, 0) is 11.6 Å². The Morgan fingerprint density at radius 1 is 1.42 bits per heavy atom. The highest BCUT2D eigenvalue weighted by molar-refractivity contribution is 5.15. The molecular formula is C14H18N4O. The lowest BCUT2D eigenvalue weighted by molar-refractivity contribution is 0.578. The molecule has 5 heteroatoms. The topological polar surface area (TPSA) is 70.7 Å². The molecule has 2 N–H and O–H groups in total. The Hall–Kier alpha value is -2.01. The zero-order chi connectivity index (χ0) is 13.7. The fourth-order valence-electron chi connectivity index (χ4n) is 1.74. The highest BCUT2D eigenvalue weighted by Crippen LogP contribution is 2.03. The van der Waals surface area contributed by atoms with Gasteiger partial charge < -0.3 is 10.3 Å². The summed E-state index contributed by atoms with van der Waals surface area (Å²) in [7, 11) is 0. The smallest absolute Gasteiger partial charge is 0.251 e. The van der Waals surface area contributed by atoms with Crippen LogP contribution in [-0.4, -0.2) is 21.0 Å². The quantitative estimate of drug-likeness (QED) is 0.847. The van der Waals surface area contributed by atoms with E-state index in [0.29, 0.717) is 24.8 Å². The minimum Gasteiger partial charge on any atom is -0.310 e. The summed E-state index contributed by atoms with van der Waals surface area (Å²) in [6, 6.07) is 5.73. The third kappa shape index (κ3) is 4.30. The van der Waals surface area contributed by atoms with Crippen LogP contribution in [0.5, 0.6) is 0 Å². The first-order valence-electron chi connectivity index (χ1n) is 6.35. The molecule has 0 spiro atoms. The molecule has 0 bridgehead atoms. The molecule has 2 aromatic heterocycles. The molecule has 19 heavy (non-hydrogen) atoms. The van der Waals surface area contributed by atoms with Crippen molar-refractivity contribution in [3.63, 3.8) is 0 Å². The second-order valence-electron chi connectivity index (χ2n) is 4.76. The summed E-state index contributed by atoms with van der Waals surface area (Å²) in [5.74, 6) is 0.668. The van der Waals surface area contributed by atoms with Gasteiger partial charge in [0.2, 0.25) is 0 Å². The molecule has 0 radical (unpaired) electrons. The Morgan fingerprint density at radius 2 is 2.26 bits per heavy atom. The van der Waals surface area contributed by atoms with E-state index >= 15 is 0 Å². The lowest BCUT2D eigenvalue weighted by atomic mass is 10.2. The summed E-state index contributed by atoms with van der Waals surface area (Å²) in [4.78, 5) is 22.9. The van der Waals surface area contributed by atoms with Crippen molar-refractivity contribution in [1.82, 2.24) is 20.3 Å². The summed E-state index contributed by atoms with van der Waals surface area (Å²) in [5.41, 5.74) is 1.67. The fraction of sp³-hybridized carbons (Fsp3) is 0.357. The van der Waals surface area contributed by atoms with Crippen LogP contribution in [0.15, 0.2) is 35.4 Å². The molecule has 2 rings (SSSR count). The molecule has 0 aliphatic rings. The summed E-state index contributed by atoms with van der Waals surface area (Å²) < 4.78 is 0. The van der Waals surface area contributed by atoms with Crippen LogP contribution < -0.4 is 10.9 Å². The normalized spacial score (nSPS) is 10.9. The van der Waals surface area contributed by atoms with Crippen LogP contribution in [0, 0.1) is 0 Å². The summed E-state index contributed by atoms with van der Waals surface area (Å²) in [6.45, 7) is 4.72. The molecular weight excluding hydrogens is 240 g/mol. The van der Waals surface area contributed by atoms with Crippen LogP contribution in [0.4, 0.5) is 0 Å². The molecule has 0 unspecified atom stereocenters. The van der Waals surface area contributed by atoms with E-state index in [4.69, 9.17) is 0 Å². The van der Waals surface area contributed by atoms with Gasteiger partial charge in [0.1, 0.15) is 5.82 Å². The number of hydrogen-bond acceptors (Lipinski definition) is 4. The standard InChI is InChI=1S/C14H18N4O/c1-10(2)16-9-12-7-14(19)18-13(17-12)6-11-4-3-5-15-8-11/h3-5,7-8,10,16H,6,9H2,1-2H3,(H,17,18,19). The van der Waals surface area contributed by atoms with Gasteiger partial charge in [-0.25, -0.2) is 4.98 Å². The Labute approximate surface area is 112 Å². The lowest BCUT2D eigenvalue weighted by Gasteiger charge is -2.08. The average molecular weight is 258 g/mol. The molecule has 0 aromatic carbocycles. The van der Waals surface area contributed by atoms with Crippen molar-refractivity contribution in [3.05, 3.63) is 58.0 Å². The van der Waals surface area contributed by atoms with Crippen molar-refractivity contribution in [2.24, 2.45) is 0 Å². The van der Waals surface area contributed by atoms with Crippen molar-refractivity contribution in [3.8, 4) is 0 Å².